The SMILES string of the molecule is O=C(c1ccc(NS(=O)(=O)c2ccccc2)cc1)N1CCCC1c1ccc2c(c1)OCCCO2. The number of fused-ring (bicyclic) bond motifs is 1. The summed E-state index contributed by atoms with van der Waals surface area (Å²) in [7, 11) is -3.68. The summed E-state index contributed by atoms with van der Waals surface area (Å²) in [4.78, 5) is 15.4. The largest absolute Gasteiger partial charge is 0.490 e. The lowest BCUT2D eigenvalue weighted by Crippen LogP contribution is -2.30. The van der Waals surface area contributed by atoms with Crippen molar-refractivity contribution >= 4 is 21.6 Å². The van der Waals surface area contributed by atoms with E-state index in [-0.39, 0.29) is 16.8 Å². The third-order valence-electron chi connectivity index (χ3n) is 6.11. The van der Waals surface area contributed by atoms with Crippen molar-refractivity contribution in [1.29, 1.82) is 0 Å². The Hall–Kier alpha value is -3.52. The van der Waals surface area contributed by atoms with E-state index in [1.54, 1.807) is 42.5 Å². The Kier molecular flexibility index (Phi) is 6.15. The van der Waals surface area contributed by atoms with E-state index in [4.69, 9.17) is 9.47 Å². The summed E-state index contributed by atoms with van der Waals surface area (Å²) in [5.74, 6) is 1.39. The van der Waals surface area contributed by atoms with Crippen molar-refractivity contribution in [2.75, 3.05) is 24.5 Å². The number of rotatable bonds is 5. The predicted octanol–water partition coefficient (Wildman–Crippen LogP) is 4.63. The van der Waals surface area contributed by atoms with Crippen LogP contribution in [0.2, 0.25) is 0 Å². The van der Waals surface area contributed by atoms with E-state index in [1.807, 2.05) is 23.1 Å². The molecule has 0 bridgehead atoms. The molecular weight excluding hydrogens is 452 g/mol. The van der Waals surface area contributed by atoms with Gasteiger partial charge in [0.05, 0.1) is 24.2 Å². The Morgan fingerprint density at radius 3 is 2.38 bits per heavy atom. The highest BCUT2D eigenvalue weighted by Crippen LogP contribution is 2.38. The second-order valence-electron chi connectivity index (χ2n) is 8.41. The average molecular weight is 479 g/mol. The molecule has 2 aliphatic heterocycles. The van der Waals surface area contributed by atoms with Crippen LogP contribution < -0.4 is 14.2 Å². The van der Waals surface area contributed by atoms with Crippen LogP contribution in [-0.2, 0) is 10.0 Å². The van der Waals surface area contributed by atoms with E-state index in [0.717, 1.165) is 36.3 Å². The number of sulfonamides is 1. The molecule has 5 rings (SSSR count). The second-order valence-corrected chi connectivity index (χ2v) is 10.1. The predicted molar refractivity (Wildman–Crippen MR) is 129 cm³/mol. The van der Waals surface area contributed by atoms with Crippen molar-refractivity contribution in [2.45, 2.75) is 30.2 Å². The van der Waals surface area contributed by atoms with Gasteiger partial charge in [-0.3, -0.25) is 9.52 Å². The van der Waals surface area contributed by atoms with Gasteiger partial charge in [0.25, 0.3) is 15.9 Å². The number of nitrogens with zero attached hydrogens (tertiary/aromatic N) is 1. The lowest BCUT2D eigenvalue weighted by molar-refractivity contribution is 0.0735. The standard InChI is InChI=1S/C26H26N2O5S/c29-26(19-9-12-21(13-10-19)27-34(30,31)22-6-2-1-3-7-22)28-15-4-8-23(28)20-11-14-24-25(18-20)33-17-5-16-32-24/h1-3,6-7,9-14,18,23,27H,4-5,8,15-17H2. The van der Waals surface area contributed by atoms with Gasteiger partial charge in [0.2, 0.25) is 0 Å². The summed E-state index contributed by atoms with van der Waals surface area (Å²) in [6.07, 6.45) is 2.63. The molecule has 2 heterocycles. The Morgan fingerprint density at radius 1 is 0.882 bits per heavy atom. The normalized spacial score (nSPS) is 17.8. The first-order valence-electron chi connectivity index (χ1n) is 11.4. The summed E-state index contributed by atoms with van der Waals surface area (Å²) < 4.78 is 39.2. The van der Waals surface area contributed by atoms with Crippen molar-refractivity contribution in [2.24, 2.45) is 0 Å². The van der Waals surface area contributed by atoms with Crippen LogP contribution in [0.1, 0.15) is 41.2 Å². The average Bonchev–Trinajstić information content (AvgIpc) is 3.23. The van der Waals surface area contributed by atoms with E-state index < -0.39 is 10.0 Å². The highest BCUT2D eigenvalue weighted by molar-refractivity contribution is 7.92. The maximum absolute atomic E-state index is 13.3. The molecule has 3 aromatic carbocycles. The van der Waals surface area contributed by atoms with Gasteiger partial charge < -0.3 is 14.4 Å². The summed E-state index contributed by atoms with van der Waals surface area (Å²) in [5.41, 5.74) is 1.95. The zero-order valence-corrected chi connectivity index (χ0v) is 19.5. The van der Waals surface area contributed by atoms with Gasteiger partial charge >= 0.3 is 0 Å². The molecule has 1 atom stereocenters. The molecule has 0 saturated carbocycles. The summed E-state index contributed by atoms with van der Waals surface area (Å²) >= 11 is 0. The number of hydrogen-bond acceptors (Lipinski definition) is 5. The van der Waals surface area contributed by atoms with Crippen LogP contribution >= 0.6 is 0 Å². The van der Waals surface area contributed by atoms with Crippen LogP contribution in [-0.4, -0.2) is 39.0 Å². The van der Waals surface area contributed by atoms with Crippen LogP contribution in [0, 0.1) is 0 Å². The van der Waals surface area contributed by atoms with E-state index in [0.29, 0.717) is 31.0 Å². The van der Waals surface area contributed by atoms with Gasteiger partial charge in [0.15, 0.2) is 11.5 Å². The van der Waals surface area contributed by atoms with Crippen molar-refractivity contribution < 1.29 is 22.7 Å². The molecule has 0 aliphatic carbocycles. The number of ether oxygens (including phenoxy) is 2. The number of carbonyl (C=O) groups is 1. The van der Waals surface area contributed by atoms with Gasteiger partial charge in [0.1, 0.15) is 0 Å². The fourth-order valence-electron chi connectivity index (χ4n) is 4.40. The highest BCUT2D eigenvalue weighted by Gasteiger charge is 2.31. The van der Waals surface area contributed by atoms with Crippen LogP contribution in [0.5, 0.6) is 11.5 Å². The maximum Gasteiger partial charge on any atom is 0.261 e. The number of anilines is 1. The molecule has 1 amide bonds. The maximum atomic E-state index is 13.3. The molecule has 0 spiro atoms. The molecule has 7 nitrogen and oxygen atoms in total. The number of amides is 1. The fraction of sp³-hybridized carbons (Fsp3) is 0.269. The van der Waals surface area contributed by atoms with E-state index >= 15 is 0 Å². The van der Waals surface area contributed by atoms with E-state index in [2.05, 4.69) is 4.72 Å². The van der Waals surface area contributed by atoms with Crippen LogP contribution in [0.25, 0.3) is 0 Å². The van der Waals surface area contributed by atoms with Gasteiger partial charge in [0, 0.05) is 24.2 Å². The molecule has 1 saturated heterocycles. The third-order valence-corrected chi connectivity index (χ3v) is 7.50. The minimum atomic E-state index is -3.68. The Labute approximate surface area is 199 Å². The third kappa shape index (κ3) is 4.59. The number of carbonyl (C=O) groups excluding carboxylic acids is 1. The zero-order valence-electron chi connectivity index (χ0n) is 18.6. The van der Waals surface area contributed by atoms with Crippen LogP contribution in [0.4, 0.5) is 5.69 Å². The van der Waals surface area contributed by atoms with Gasteiger partial charge in [-0.15, -0.1) is 0 Å². The van der Waals surface area contributed by atoms with Gasteiger partial charge in [-0.05, 0) is 66.9 Å². The minimum Gasteiger partial charge on any atom is -0.490 e. The van der Waals surface area contributed by atoms with E-state index in [1.165, 1.54) is 12.1 Å². The Balaban J connectivity index is 1.32. The molecule has 0 aromatic heterocycles. The molecule has 34 heavy (non-hydrogen) atoms. The van der Waals surface area contributed by atoms with Crippen LogP contribution in [0.3, 0.4) is 0 Å². The van der Waals surface area contributed by atoms with Gasteiger partial charge in [-0.25, -0.2) is 8.42 Å². The van der Waals surface area contributed by atoms with Gasteiger partial charge in [-0.2, -0.15) is 0 Å². The Bertz CT molecular complexity index is 1280. The molecule has 2 aliphatic rings. The molecule has 1 fully saturated rings. The molecular formula is C26H26N2O5S. The molecule has 3 aromatic rings. The van der Waals surface area contributed by atoms with Crippen molar-refractivity contribution in [3.63, 3.8) is 0 Å². The van der Waals surface area contributed by atoms with Crippen molar-refractivity contribution in [3.8, 4) is 11.5 Å². The first kappa shape index (κ1) is 22.3. The molecule has 1 unspecified atom stereocenters. The second kappa shape index (κ2) is 9.38. The molecule has 0 radical (unpaired) electrons. The lowest BCUT2D eigenvalue weighted by Gasteiger charge is -2.26. The first-order chi connectivity index (χ1) is 16.5. The van der Waals surface area contributed by atoms with Crippen LogP contribution in [0.15, 0.2) is 77.7 Å². The molecule has 176 valence electrons. The lowest BCUT2D eigenvalue weighted by atomic mass is 10.0. The first-order valence-corrected chi connectivity index (χ1v) is 12.9. The summed E-state index contributed by atoms with van der Waals surface area (Å²) in [6.45, 7) is 1.92. The molecule has 1 N–H and O–H groups in total. The van der Waals surface area contributed by atoms with Gasteiger partial charge in [-0.1, -0.05) is 24.3 Å². The quantitative estimate of drug-likeness (QED) is 0.578. The number of benzene rings is 3. The van der Waals surface area contributed by atoms with Crippen molar-refractivity contribution in [1.82, 2.24) is 4.90 Å². The fourth-order valence-corrected chi connectivity index (χ4v) is 5.48. The topological polar surface area (TPSA) is 84.9 Å². The van der Waals surface area contributed by atoms with Crippen molar-refractivity contribution in [3.05, 3.63) is 83.9 Å². The number of hydrogen-bond donors (Lipinski definition) is 1. The highest BCUT2D eigenvalue weighted by atomic mass is 32.2. The van der Waals surface area contributed by atoms with E-state index in [9.17, 15) is 13.2 Å². The minimum absolute atomic E-state index is 0.0408. The Morgan fingerprint density at radius 2 is 1.62 bits per heavy atom. The molecule has 8 heteroatoms. The zero-order chi connectivity index (χ0) is 23.5. The summed E-state index contributed by atoms with van der Waals surface area (Å²) in [6, 6.07) is 20.6. The summed E-state index contributed by atoms with van der Waals surface area (Å²) in [5, 5.41) is 0. The monoisotopic (exact) mass is 478 g/mol. The smallest absolute Gasteiger partial charge is 0.261 e. The number of nitrogens with one attached hydrogen (secondary N) is 1. The number of likely N-dealkylation sites (tertiary alicyclic amines) is 1.